The average Bonchev–Trinajstić information content (AvgIpc) is 2.20. The summed E-state index contributed by atoms with van der Waals surface area (Å²) in [6.45, 7) is -0.274. The Morgan fingerprint density at radius 2 is 2.23 bits per heavy atom. The lowest BCUT2D eigenvalue weighted by atomic mass is 10.1. The van der Waals surface area contributed by atoms with Crippen LogP contribution in [0.5, 0.6) is 5.75 Å². The molecule has 0 radical (unpaired) electrons. The van der Waals surface area contributed by atoms with Crippen LogP contribution < -0.4 is 4.74 Å². The Hall–Kier alpha value is -1.10. The van der Waals surface area contributed by atoms with E-state index in [1.165, 1.54) is 0 Å². The number of methoxy groups -OCH3 is 1. The molecule has 0 amide bonds. The van der Waals surface area contributed by atoms with E-state index in [9.17, 15) is 0 Å². The fourth-order valence-electron chi connectivity index (χ4n) is 1.04. The monoisotopic (exact) mass is 184 g/mol. The summed E-state index contributed by atoms with van der Waals surface area (Å²) in [5, 5.41) is 17.3. The third kappa shape index (κ3) is 2.42. The average molecular weight is 184 g/mol. The summed E-state index contributed by atoms with van der Waals surface area (Å²) in [6, 6.07) is 6.96. The number of aliphatic hydroxyl groups is 1. The van der Waals surface area contributed by atoms with Gasteiger partial charge in [0, 0.05) is 0 Å². The Morgan fingerprint density at radius 3 is 2.77 bits per heavy atom. The normalized spacial score (nSPS) is 12.5. The first-order valence-corrected chi connectivity index (χ1v) is 3.87. The number of hydrogen-bond acceptors (Lipinski definition) is 4. The summed E-state index contributed by atoms with van der Waals surface area (Å²) in [6.07, 6.45) is -0.713. The van der Waals surface area contributed by atoms with Crippen LogP contribution in [-0.2, 0) is 4.89 Å². The summed E-state index contributed by atoms with van der Waals surface area (Å²) in [5.74, 6) is 0.660. The van der Waals surface area contributed by atoms with Crippen LogP contribution in [0.4, 0.5) is 0 Å². The van der Waals surface area contributed by atoms with Crippen LogP contribution in [0, 0.1) is 0 Å². The van der Waals surface area contributed by atoms with Gasteiger partial charge in [0.2, 0.25) is 0 Å². The molecule has 0 saturated carbocycles. The smallest absolute Gasteiger partial charge is 0.141 e. The Bertz CT molecular complexity index is 258. The molecule has 0 heterocycles. The summed E-state index contributed by atoms with van der Waals surface area (Å²) in [4.78, 5) is 4.08. The van der Waals surface area contributed by atoms with Gasteiger partial charge in [0.25, 0.3) is 0 Å². The molecule has 13 heavy (non-hydrogen) atoms. The molecule has 1 rings (SSSR count). The van der Waals surface area contributed by atoms with E-state index < -0.39 is 6.10 Å². The highest BCUT2D eigenvalue weighted by atomic mass is 17.1. The molecule has 72 valence electrons. The lowest BCUT2D eigenvalue weighted by Crippen LogP contribution is -2.06. The van der Waals surface area contributed by atoms with Gasteiger partial charge in [-0.2, -0.15) is 0 Å². The van der Waals surface area contributed by atoms with Gasteiger partial charge < -0.3 is 9.84 Å². The second kappa shape index (κ2) is 4.81. The SMILES string of the molecule is COc1cccc(C(CO)OO)c1. The summed E-state index contributed by atoms with van der Waals surface area (Å²) >= 11 is 0. The second-order valence-electron chi connectivity index (χ2n) is 2.55. The van der Waals surface area contributed by atoms with Gasteiger partial charge in [-0.25, -0.2) is 4.89 Å². The van der Waals surface area contributed by atoms with Crippen molar-refractivity contribution in [1.82, 2.24) is 0 Å². The zero-order valence-electron chi connectivity index (χ0n) is 7.30. The van der Waals surface area contributed by atoms with E-state index in [1.807, 2.05) is 0 Å². The lowest BCUT2D eigenvalue weighted by molar-refractivity contribution is -0.288. The van der Waals surface area contributed by atoms with Gasteiger partial charge in [-0.3, -0.25) is 5.26 Å². The van der Waals surface area contributed by atoms with E-state index in [2.05, 4.69) is 4.89 Å². The van der Waals surface area contributed by atoms with Gasteiger partial charge in [0.05, 0.1) is 13.7 Å². The molecule has 4 nitrogen and oxygen atoms in total. The minimum atomic E-state index is -0.713. The molecule has 1 atom stereocenters. The van der Waals surface area contributed by atoms with Crippen LogP contribution in [0.25, 0.3) is 0 Å². The van der Waals surface area contributed by atoms with Gasteiger partial charge in [0.15, 0.2) is 0 Å². The van der Waals surface area contributed by atoms with Gasteiger partial charge in [-0.05, 0) is 17.7 Å². The highest BCUT2D eigenvalue weighted by molar-refractivity contribution is 5.29. The van der Waals surface area contributed by atoms with Crippen molar-refractivity contribution in [2.45, 2.75) is 6.10 Å². The van der Waals surface area contributed by atoms with Crippen molar-refractivity contribution < 1.29 is 20.0 Å². The maximum atomic E-state index is 8.82. The van der Waals surface area contributed by atoms with Crippen LogP contribution in [0.2, 0.25) is 0 Å². The molecule has 0 aliphatic carbocycles. The zero-order valence-corrected chi connectivity index (χ0v) is 7.30. The van der Waals surface area contributed by atoms with Gasteiger partial charge >= 0.3 is 0 Å². The standard InChI is InChI=1S/C9H12O4/c1-12-8-4-2-3-7(5-8)9(6-10)13-11/h2-5,9-11H,6H2,1H3. The van der Waals surface area contributed by atoms with Crippen molar-refractivity contribution in [3.63, 3.8) is 0 Å². The molecule has 0 aliphatic heterocycles. The first kappa shape index (κ1) is 9.98. The Labute approximate surface area is 76.3 Å². The summed E-state index contributed by atoms with van der Waals surface area (Å²) < 4.78 is 4.98. The van der Waals surface area contributed by atoms with Gasteiger partial charge in [-0.15, -0.1) is 0 Å². The fraction of sp³-hybridized carbons (Fsp3) is 0.333. The highest BCUT2D eigenvalue weighted by Gasteiger charge is 2.10. The van der Waals surface area contributed by atoms with Crippen molar-refractivity contribution in [2.24, 2.45) is 0 Å². The fourth-order valence-corrected chi connectivity index (χ4v) is 1.04. The predicted molar refractivity (Wildman–Crippen MR) is 46.5 cm³/mol. The molecular formula is C9H12O4. The van der Waals surface area contributed by atoms with Crippen molar-refractivity contribution in [3.8, 4) is 5.75 Å². The predicted octanol–water partition coefficient (Wildman–Crippen LogP) is 1.22. The first-order chi connectivity index (χ1) is 6.31. The van der Waals surface area contributed by atoms with E-state index in [1.54, 1.807) is 31.4 Å². The molecule has 1 aromatic carbocycles. The van der Waals surface area contributed by atoms with E-state index >= 15 is 0 Å². The molecule has 0 bridgehead atoms. The van der Waals surface area contributed by atoms with Gasteiger partial charge in [-0.1, -0.05) is 12.1 Å². The third-order valence-electron chi connectivity index (χ3n) is 1.76. The van der Waals surface area contributed by atoms with Crippen LogP contribution in [0.1, 0.15) is 11.7 Å². The van der Waals surface area contributed by atoms with Gasteiger partial charge in [0.1, 0.15) is 11.9 Å². The molecule has 0 fully saturated rings. The minimum Gasteiger partial charge on any atom is -0.497 e. The van der Waals surface area contributed by atoms with Crippen LogP contribution in [0.15, 0.2) is 24.3 Å². The number of rotatable bonds is 4. The maximum absolute atomic E-state index is 8.82. The molecule has 2 N–H and O–H groups in total. The zero-order chi connectivity index (χ0) is 9.68. The topological polar surface area (TPSA) is 58.9 Å². The van der Waals surface area contributed by atoms with Crippen molar-refractivity contribution in [2.75, 3.05) is 13.7 Å². The summed E-state index contributed by atoms with van der Waals surface area (Å²) in [5.41, 5.74) is 0.671. The molecule has 0 aromatic heterocycles. The quantitative estimate of drug-likeness (QED) is 0.545. The molecule has 1 unspecified atom stereocenters. The molecule has 0 saturated heterocycles. The molecule has 0 aliphatic rings. The van der Waals surface area contributed by atoms with E-state index in [4.69, 9.17) is 15.1 Å². The lowest BCUT2D eigenvalue weighted by Gasteiger charge is -2.11. The second-order valence-corrected chi connectivity index (χ2v) is 2.55. The van der Waals surface area contributed by atoms with Crippen molar-refractivity contribution >= 4 is 0 Å². The molecule has 1 aromatic rings. The van der Waals surface area contributed by atoms with Crippen molar-refractivity contribution in [1.29, 1.82) is 0 Å². The van der Waals surface area contributed by atoms with Crippen LogP contribution in [-0.4, -0.2) is 24.1 Å². The highest BCUT2D eigenvalue weighted by Crippen LogP contribution is 2.20. The molecule has 0 spiro atoms. The third-order valence-corrected chi connectivity index (χ3v) is 1.76. The Morgan fingerprint density at radius 1 is 1.46 bits per heavy atom. The van der Waals surface area contributed by atoms with E-state index in [0.717, 1.165) is 0 Å². The largest absolute Gasteiger partial charge is 0.497 e. The Kier molecular flexibility index (Phi) is 3.70. The first-order valence-electron chi connectivity index (χ1n) is 3.87. The van der Waals surface area contributed by atoms with Crippen molar-refractivity contribution in [3.05, 3.63) is 29.8 Å². The number of hydrogen-bond donors (Lipinski definition) is 2. The summed E-state index contributed by atoms with van der Waals surface area (Å²) in [7, 11) is 1.55. The van der Waals surface area contributed by atoms with E-state index in [0.29, 0.717) is 11.3 Å². The molecular weight excluding hydrogens is 172 g/mol. The minimum absolute atomic E-state index is 0.274. The Balaban J connectivity index is 2.86. The molecule has 4 heteroatoms. The number of ether oxygens (including phenoxy) is 1. The van der Waals surface area contributed by atoms with Crippen LogP contribution in [0.3, 0.4) is 0 Å². The number of benzene rings is 1. The maximum Gasteiger partial charge on any atom is 0.141 e. The van der Waals surface area contributed by atoms with E-state index in [-0.39, 0.29) is 6.61 Å². The van der Waals surface area contributed by atoms with Crippen LogP contribution >= 0.6 is 0 Å². The number of aliphatic hydroxyl groups excluding tert-OH is 1.